The van der Waals surface area contributed by atoms with Crippen LogP contribution in [-0.2, 0) is 9.47 Å². The van der Waals surface area contributed by atoms with E-state index in [4.69, 9.17) is 9.47 Å². The fourth-order valence-electron chi connectivity index (χ4n) is 1.89. The minimum Gasteiger partial charge on any atom is -0.434 e. The number of methoxy groups -OCH3 is 1. The molecule has 0 N–H and O–H groups in total. The number of nitrogens with zero attached hydrogens (tertiary/aromatic N) is 3. The molecule has 1 heterocycles. The second-order valence-corrected chi connectivity index (χ2v) is 3.69. The minimum absolute atomic E-state index is 0.0263. The summed E-state index contributed by atoms with van der Waals surface area (Å²) in [6.45, 7) is 1.48. The van der Waals surface area contributed by atoms with Crippen molar-refractivity contribution >= 4 is 5.90 Å². The highest BCUT2D eigenvalue weighted by atomic mass is 16.7. The molecule has 1 aliphatic heterocycles. The largest absolute Gasteiger partial charge is 0.434 e. The summed E-state index contributed by atoms with van der Waals surface area (Å²) in [7, 11) is 1.21. The molecule has 0 aromatic carbocycles. The van der Waals surface area contributed by atoms with Crippen LogP contribution < -0.4 is 0 Å². The Labute approximate surface area is 101 Å². The zero-order valence-electron chi connectivity index (χ0n) is 9.52. The fraction of sp³-hybridized carbons (Fsp3) is 0.444. The predicted octanol–water partition coefficient (Wildman–Crippen LogP) is 0.481. The van der Waals surface area contributed by atoms with Gasteiger partial charge < -0.3 is 9.47 Å². The molecule has 0 saturated carbocycles. The zero-order valence-corrected chi connectivity index (χ0v) is 9.52. The molecule has 0 aromatic rings. The number of aliphatic imine (C=N–C) groups is 1. The molecule has 0 fully saturated rings. The molecule has 0 saturated heterocycles. The summed E-state index contributed by atoms with van der Waals surface area (Å²) < 4.78 is 10.3. The van der Waals surface area contributed by atoms with Gasteiger partial charge in [0, 0.05) is 25.0 Å². The zero-order chi connectivity index (χ0) is 13.5. The lowest BCUT2D eigenvalue weighted by Crippen LogP contribution is -2.43. The number of ether oxygens (including phenoxy) is 2. The Morgan fingerprint density at radius 2 is 2.11 bits per heavy atom. The first-order valence-electron chi connectivity index (χ1n) is 4.92. The van der Waals surface area contributed by atoms with E-state index >= 15 is 0 Å². The van der Waals surface area contributed by atoms with Crippen molar-refractivity contribution in [2.24, 2.45) is 4.99 Å². The van der Waals surface area contributed by atoms with Crippen LogP contribution in [0, 0.1) is 20.2 Å². The van der Waals surface area contributed by atoms with E-state index in [2.05, 4.69) is 4.99 Å². The lowest BCUT2D eigenvalue weighted by Gasteiger charge is -2.26. The van der Waals surface area contributed by atoms with Gasteiger partial charge in [0.05, 0.1) is 11.0 Å². The van der Waals surface area contributed by atoms with Crippen molar-refractivity contribution < 1.29 is 19.3 Å². The highest BCUT2D eigenvalue weighted by molar-refractivity contribution is 5.78. The van der Waals surface area contributed by atoms with Crippen LogP contribution >= 0.6 is 0 Å². The molecular formula is C9H9N3O6. The van der Waals surface area contributed by atoms with Crippen LogP contribution in [0.3, 0.4) is 0 Å². The highest BCUT2D eigenvalue weighted by Gasteiger charge is 2.57. The van der Waals surface area contributed by atoms with E-state index in [9.17, 15) is 20.2 Å². The quantitative estimate of drug-likeness (QED) is 0.534. The summed E-state index contributed by atoms with van der Waals surface area (Å²) in [5.41, 5.74) is -0.511. The molecule has 18 heavy (non-hydrogen) atoms. The monoisotopic (exact) mass is 255 g/mol. The van der Waals surface area contributed by atoms with Gasteiger partial charge in [-0.15, -0.1) is 0 Å². The molecule has 0 amide bonds. The second kappa shape index (κ2) is 3.88. The van der Waals surface area contributed by atoms with Crippen LogP contribution in [0.4, 0.5) is 0 Å². The first kappa shape index (κ1) is 12.2. The van der Waals surface area contributed by atoms with E-state index < -0.39 is 27.4 Å². The van der Waals surface area contributed by atoms with Crippen LogP contribution in [0.15, 0.2) is 28.5 Å². The molecule has 9 nitrogen and oxygen atoms in total. The number of nitro groups is 2. The molecule has 1 aliphatic carbocycles. The highest BCUT2D eigenvalue weighted by Crippen LogP contribution is 2.40. The third kappa shape index (κ3) is 1.56. The normalized spacial score (nSPS) is 29.7. The summed E-state index contributed by atoms with van der Waals surface area (Å²) in [5, 5.41) is 21.8. The molecule has 0 radical (unpaired) electrons. The van der Waals surface area contributed by atoms with Crippen LogP contribution in [0.1, 0.15) is 6.92 Å². The van der Waals surface area contributed by atoms with Gasteiger partial charge in [-0.05, 0) is 0 Å². The van der Waals surface area contributed by atoms with Crippen LogP contribution in [0.5, 0.6) is 0 Å². The summed E-state index contributed by atoms with van der Waals surface area (Å²) in [6, 6.07) is -1.32. The second-order valence-electron chi connectivity index (χ2n) is 3.69. The van der Waals surface area contributed by atoms with E-state index in [1.165, 1.54) is 20.1 Å². The van der Waals surface area contributed by atoms with E-state index in [-0.39, 0.29) is 11.6 Å². The summed E-state index contributed by atoms with van der Waals surface area (Å²) in [5.74, 6) is -1.63. The summed E-state index contributed by atoms with van der Waals surface area (Å²) >= 11 is 0. The fourth-order valence-corrected chi connectivity index (χ4v) is 1.89. The molecule has 0 spiro atoms. The number of fused-ring (bicyclic) bond motifs is 1. The lowest BCUT2D eigenvalue weighted by atomic mass is 9.99. The maximum Gasteiger partial charge on any atom is 0.348 e. The standard InChI is InChI=1S/C9H9N3O6/c1-5-10-7-3-6(11(13)14)4-8(12(15)16)9(7,17-2)18-5/h3-4,6H,1-2H3. The van der Waals surface area contributed by atoms with E-state index in [1.807, 2.05) is 0 Å². The smallest absolute Gasteiger partial charge is 0.348 e. The van der Waals surface area contributed by atoms with E-state index in [0.717, 1.165) is 6.08 Å². The molecule has 2 aliphatic rings. The van der Waals surface area contributed by atoms with Gasteiger partial charge in [-0.25, -0.2) is 4.99 Å². The third-order valence-corrected chi connectivity index (χ3v) is 2.63. The van der Waals surface area contributed by atoms with Crippen molar-refractivity contribution in [3.63, 3.8) is 0 Å². The third-order valence-electron chi connectivity index (χ3n) is 2.63. The number of rotatable bonds is 3. The van der Waals surface area contributed by atoms with Crippen LogP contribution in [0.25, 0.3) is 0 Å². The van der Waals surface area contributed by atoms with Gasteiger partial charge in [0.15, 0.2) is 5.90 Å². The van der Waals surface area contributed by atoms with Gasteiger partial charge in [-0.1, -0.05) is 0 Å². The Hall–Kier alpha value is -2.29. The van der Waals surface area contributed by atoms with Gasteiger partial charge in [0.1, 0.15) is 5.70 Å². The summed E-state index contributed by atoms with van der Waals surface area (Å²) in [6.07, 6.45) is 2.06. The van der Waals surface area contributed by atoms with Crippen molar-refractivity contribution in [1.82, 2.24) is 0 Å². The average Bonchev–Trinajstić information content (AvgIpc) is 2.63. The van der Waals surface area contributed by atoms with Gasteiger partial charge >= 0.3 is 11.5 Å². The van der Waals surface area contributed by atoms with Gasteiger partial charge in [-0.2, -0.15) is 0 Å². The van der Waals surface area contributed by atoms with Crippen LogP contribution in [0.2, 0.25) is 0 Å². The number of hydrogen-bond acceptors (Lipinski definition) is 7. The molecule has 0 aromatic heterocycles. The minimum atomic E-state index is -1.78. The van der Waals surface area contributed by atoms with Crippen molar-refractivity contribution in [1.29, 1.82) is 0 Å². The Balaban J connectivity index is 2.57. The molecule has 0 bridgehead atoms. The van der Waals surface area contributed by atoms with Gasteiger partial charge in [0.25, 0.3) is 6.04 Å². The molecule has 9 heteroatoms. The van der Waals surface area contributed by atoms with Crippen LogP contribution in [-0.4, -0.2) is 34.7 Å². The van der Waals surface area contributed by atoms with E-state index in [0.29, 0.717) is 0 Å². The van der Waals surface area contributed by atoms with Crippen molar-refractivity contribution in [2.75, 3.05) is 7.11 Å². The Morgan fingerprint density at radius 3 is 2.61 bits per heavy atom. The Morgan fingerprint density at radius 1 is 1.44 bits per heavy atom. The summed E-state index contributed by atoms with van der Waals surface area (Å²) in [4.78, 5) is 24.2. The van der Waals surface area contributed by atoms with Crippen molar-refractivity contribution in [3.05, 3.63) is 43.8 Å². The van der Waals surface area contributed by atoms with E-state index in [1.54, 1.807) is 0 Å². The van der Waals surface area contributed by atoms with Gasteiger partial charge in [0.2, 0.25) is 0 Å². The Bertz CT molecular complexity index is 522. The Kier molecular flexibility index (Phi) is 2.62. The van der Waals surface area contributed by atoms with Crippen molar-refractivity contribution in [3.8, 4) is 0 Å². The molecule has 96 valence electrons. The first-order valence-corrected chi connectivity index (χ1v) is 4.92. The molecular weight excluding hydrogens is 246 g/mol. The molecule has 2 atom stereocenters. The SMILES string of the molecule is COC12OC(C)=NC1=CC([N+](=O)[O-])C=C2[N+](=O)[O-]. The molecule has 2 unspecified atom stereocenters. The maximum absolute atomic E-state index is 11.0. The maximum atomic E-state index is 11.0. The lowest BCUT2D eigenvalue weighted by molar-refractivity contribution is -0.504. The topological polar surface area (TPSA) is 117 Å². The number of hydrogen-bond donors (Lipinski definition) is 0. The average molecular weight is 255 g/mol. The molecule has 2 rings (SSSR count). The van der Waals surface area contributed by atoms with Gasteiger partial charge in [-0.3, -0.25) is 20.2 Å². The van der Waals surface area contributed by atoms with Crippen molar-refractivity contribution in [2.45, 2.75) is 18.8 Å². The predicted molar refractivity (Wildman–Crippen MR) is 57.9 cm³/mol. The first-order chi connectivity index (χ1) is 8.40.